The summed E-state index contributed by atoms with van der Waals surface area (Å²) in [5.74, 6) is 0.510. The number of benzene rings is 2. The van der Waals surface area contributed by atoms with Crippen molar-refractivity contribution in [3.63, 3.8) is 0 Å². The van der Waals surface area contributed by atoms with Crippen LogP contribution >= 0.6 is 0 Å². The maximum absolute atomic E-state index is 13.3. The maximum atomic E-state index is 13.3. The van der Waals surface area contributed by atoms with E-state index in [4.69, 9.17) is 0 Å². The van der Waals surface area contributed by atoms with Gasteiger partial charge in [0.1, 0.15) is 0 Å². The molecular weight excluding hydrogens is 539 g/mol. The van der Waals surface area contributed by atoms with Crippen molar-refractivity contribution in [2.24, 2.45) is 5.92 Å². The van der Waals surface area contributed by atoms with Crippen molar-refractivity contribution in [3.8, 4) is 0 Å². The molecule has 0 aromatic heterocycles. The number of likely N-dealkylation sites (tertiary alicyclic amines) is 2. The number of hydrogen-bond donors (Lipinski definition) is 1. The van der Waals surface area contributed by atoms with E-state index in [2.05, 4.69) is 49.2 Å². The molecule has 3 aliphatic heterocycles. The van der Waals surface area contributed by atoms with Crippen LogP contribution in [0.15, 0.2) is 54.6 Å². The smallest absolute Gasteiger partial charge is 0.369 e. The molecule has 0 aliphatic carbocycles. The Morgan fingerprint density at radius 2 is 1.62 bits per heavy atom. The third-order valence-electron chi connectivity index (χ3n) is 9.29. The Hall–Kier alpha value is -2.62. The van der Waals surface area contributed by atoms with Crippen LogP contribution in [0, 0.1) is 5.92 Å². The van der Waals surface area contributed by atoms with E-state index in [1.807, 2.05) is 6.07 Å². The number of nitrogens with zero attached hydrogens (tertiary/aromatic N) is 4. The lowest BCUT2D eigenvalue weighted by Gasteiger charge is -2.47. The number of hydrogen-bond acceptors (Lipinski definition) is 5. The van der Waals surface area contributed by atoms with E-state index in [-0.39, 0.29) is 5.91 Å². The molecule has 2 aromatic carbocycles. The van der Waals surface area contributed by atoms with Crippen molar-refractivity contribution in [1.82, 2.24) is 20.0 Å². The fraction of sp³-hybridized carbons (Fsp3) is 0.606. The second kappa shape index (κ2) is 14.7. The standard InChI is InChI=1S/C33H46F3N5O/c34-33(35,36)29-10-7-11-30(24-29)40-20-22-41(23-21-40)31-14-18-39(25-27-8-3-1-4-9-27)26-28(31)12-13-32(42)37-15-19-38-16-5-2-6-17-38/h1,3-4,7-11,24,28,31H,2,5-6,12-23,25-26H2,(H,37,42)/t28-,31+/m0/s1. The number of carbonyl (C=O) groups excluding carboxylic acids is 1. The summed E-state index contributed by atoms with van der Waals surface area (Å²) in [6, 6.07) is 16.6. The van der Waals surface area contributed by atoms with Crippen molar-refractivity contribution in [3.05, 3.63) is 65.7 Å². The number of piperidine rings is 2. The summed E-state index contributed by atoms with van der Waals surface area (Å²) in [5.41, 5.74) is 1.35. The van der Waals surface area contributed by atoms with Gasteiger partial charge in [-0.05, 0) is 75.0 Å². The summed E-state index contributed by atoms with van der Waals surface area (Å²) >= 11 is 0. The van der Waals surface area contributed by atoms with Crippen LogP contribution in [0.1, 0.15) is 49.7 Å². The van der Waals surface area contributed by atoms with Gasteiger partial charge in [0.2, 0.25) is 5.91 Å². The zero-order valence-corrected chi connectivity index (χ0v) is 24.7. The van der Waals surface area contributed by atoms with Crippen molar-refractivity contribution in [2.75, 3.05) is 70.3 Å². The number of halogens is 3. The lowest BCUT2D eigenvalue weighted by molar-refractivity contribution is -0.137. The fourth-order valence-corrected chi connectivity index (χ4v) is 6.98. The first-order valence-corrected chi connectivity index (χ1v) is 15.8. The average Bonchev–Trinajstić information content (AvgIpc) is 3.01. The predicted molar refractivity (Wildman–Crippen MR) is 161 cm³/mol. The second-order valence-electron chi connectivity index (χ2n) is 12.2. The van der Waals surface area contributed by atoms with Crippen LogP contribution in [0.5, 0.6) is 0 Å². The fourth-order valence-electron chi connectivity index (χ4n) is 6.98. The molecule has 3 aliphatic rings. The molecule has 0 unspecified atom stereocenters. The van der Waals surface area contributed by atoms with Crippen LogP contribution < -0.4 is 10.2 Å². The van der Waals surface area contributed by atoms with Crippen molar-refractivity contribution >= 4 is 11.6 Å². The van der Waals surface area contributed by atoms with E-state index in [0.717, 1.165) is 71.3 Å². The molecule has 3 fully saturated rings. The lowest BCUT2D eigenvalue weighted by atomic mass is 9.86. The number of alkyl halides is 3. The van der Waals surface area contributed by atoms with Gasteiger partial charge in [-0.1, -0.05) is 42.8 Å². The molecule has 0 spiro atoms. The molecule has 9 heteroatoms. The Balaban J connectivity index is 1.16. The minimum absolute atomic E-state index is 0.139. The lowest BCUT2D eigenvalue weighted by Crippen LogP contribution is -2.56. The summed E-state index contributed by atoms with van der Waals surface area (Å²) in [6.07, 6.45) is 1.91. The minimum Gasteiger partial charge on any atom is -0.369 e. The van der Waals surface area contributed by atoms with Gasteiger partial charge in [-0.3, -0.25) is 14.6 Å². The molecule has 5 rings (SSSR count). The summed E-state index contributed by atoms with van der Waals surface area (Å²) < 4.78 is 39.8. The van der Waals surface area contributed by atoms with Crippen LogP contribution in [0.4, 0.5) is 18.9 Å². The predicted octanol–water partition coefficient (Wildman–Crippen LogP) is 5.10. The van der Waals surface area contributed by atoms with Crippen LogP contribution in [0.25, 0.3) is 0 Å². The highest BCUT2D eigenvalue weighted by Gasteiger charge is 2.35. The second-order valence-corrected chi connectivity index (χ2v) is 12.2. The monoisotopic (exact) mass is 585 g/mol. The highest BCUT2D eigenvalue weighted by molar-refractivity contribution is 5.75. The first kappa shape index (κ1) is 30.8. The van der Waals surface area contributed by atoms with Crippen LogP contribution in [-0.2, 0) is 17.5 Å². The molecule has 0 saturated carbocycles. The van der Waals surface area contributed by atoms with Crippen LogP contribution in [0.2, 0.25) is 0 Å². The summed E-state index contributed by atoms with van der Waals surface area (Å²) in [7, 11) is 0. The average molecular weight is 586 g/mol. The van der Waals surface area contributed by atoms with Crippen LogP contribution in [-0.4, -0.2) is 92.1 Å². The van der Waals surface area contributed by atoms with Crippen molar-refractivity contribution in [1.29, 1.82) is 0 Å². The van der Waals surface area contributed by atoms with E-state index in [1.54, 1.807) is 6.07 Å². The Labute approximate surface area is 248 Å². The zero-order valence-electron chi connectivity index (χ0n) is 24.7. The first-order chi connectivity index (χ1) is 20.3. The number of rotatable bonds is 10. The Bertz CT molecular complexity index is 1120. The molecular formula is C33H46F3N5O. The summed E-state index contributed by atoms with van der Waals surface area (Å²) in [4.78, 5) is 22.4. The number of amides is 1. The SMILES string of the molecule is O=C(CC[C@H]1CN(Cc2ccccc2)CC[C@H]1N1CCN(c2cccc(C(F)(F)F)c2)CC1)NCCN1CCCCC1. The van der Waals surface area contributed by atoms with Crippen molar-refractivity contribution < 1.29 is 18.0 Å². The van der Waals surface area contributed by atoms with E-state index in [9.17, 15) is 18.0 Å². The number of anilines is 1. The van der Waals surface area contributed by atoms with Gasteiger partial charge in [-0.15, -0.1) is 0 Å². The van der Waals surface area contributed by atoms with E-state index < -0.39 is 11.7 Å². The van der Waals surface area contributed by atoms with Crippen LogP contribution in [0.3, 0.4) is 0 Å². The molecule has 1 amide bonds. The quantitative estimate of drug-likeness (QED) is 0.420. The normalized spacial score (nSPS) is 23.2. The maximum Gasteiger partial charge on any atom is 0.416 e. The van der Waals surface area contributed by atoms with Gasteiger partial charge in [0, 0.05) is 70.5 Å². The van der Waals surface area contributed by atoms with Crippen molar-refractivity contribution in [2.45, 2.75) is 57.3 Å². The van der Waals surface area contributed by atoms with Gasteiger partial charge in [0.15, 0.2) is 0 Å². The van der Waals surface area contributed by atoms with E-state index >= 15 is 0 Å². The number of nitrogens with one attached hydrogen (secondary N) is 1. The zero-order chi connectivity index (χ0) is 29.4. The molecule has 6 nitrogen and oxygen atoms in total. The molecule has 3 heterocycles. The largest absolute Gasteiger partial charge is 0.416 e. The molecule has 2 atom stereocenters. The highest BCUT2D eigenvalue weighted by atomic mass is 19.4. The minimum atomic E-state index is -4.33. The molecule has 2 aromatic rings. The summed E-state index contributed by atoms with van der Waals surface area (Å²) in [5, 5.41) is 3.16. The van der Waals surface area contributed by atoms with Gasteiger partial charge in [-0.2, -0.15) is 13.2 Å². The topological polar surface area (TPSA) is 42.1 Å². The molecule has 0 bridgehead atoms. The molecule has 3 saturated heterocycles. The van der Waals surface area contributed by atoms with Gasteiger partial charge in [0.05, 0.1) is 5.56 Å². The first-order valence-electron chi connectivity index (χ1n) is 15.8. The highest BCUT2D eigenvalue weighted by Crippen LogP contribution is 2.33. The van der Waals surface area contributed by atoms with Gasteiger partial charge >= 0.3 is 6.18 Å². The van der Waals surface area contributed by atoms with Gasteiger partial charge in [0.25, 0.3) is 0 Å². The third-order valence-corrected chi connectivity index (χ3v) is 9.29. The Morgan fingerprint density at radius 3 is 2.36 bits per heavy atom. The van der Waals surface area contributed by atoms with E-state index in [1.165, 1.54) is 37.0 Å². The van der Waals surface area contributed by atoms with E-state index in [0.29, 0.717) is 43.7 Å². The Morgan fingerprint density at radius 1 is 0.857 bits per heavy atom. The van der Waals surface area contributed by atoms with Gasteiger partial charge < -0.3 is 15.1 Å². The van der Waals surface area contributed by atoms with Gasteiger partial charge in [-0.25, -0.2) is 0 Å². The number of piperazine rings is 1. The molecule has 0 radical (unpaired) electrons. The molecule has 42 heavy (non-hydrogen) atoms. The number of carbonyl (C=O) groups is 1. The summed E-state index contributed by atoms with van der Waals surface area (Å²) in [6.45, 7) is 9.83. The molecule has 1 N–H and O–H groups in total. The Kier molecular flexibility index (Phi) is 10.8. The third kappa shape index (κ3) is 8.71. The molecule has 230 valence electrons.